The summed E-state index contributed by atoms with van der Waals surface area (Å²) in [6.45, 7) is 14.3. The number of hydrogen-bond acceptors (Lipinski definition) is 3. The third kappa shape index (κ3) is 4.87. The molecule has 1 fully saturated rings. The second-order valence-electron chi connectivity index (χ2n) is 5.55. The number of nitrogens with zero attached hydrogens (tertiary/aromatic N) is 1. The number of unbranched alkanes of at least 4 members (excludes halogenated alkanes) is 1. The predicted molar refractivity (Wildman–Crippen MR) is 78.0 cm³/mol. The zero-order chi connectivity index (χ0) is 13.4. The SMILES string of the molecule is CCCCOCCN1CCC(NCC)C(C)C1C. The fourth-order valence-electron chi connectivity index (χ4n) is 2.84. The third-order valence-corrected chi connectivity index (χ3v) is 4.33. The molecule has 3 unspecified atom stereocenters. The highest BCUT2D eigenvalue weighted by Crippen LogP contribution is 2.23. The first-order valence-corrected chi connectivity index (χ1v) is 7.75. The topological polar surface area (TPSA) is 24.5 Å². The Bertz CT molecular complexity index is 211. The van der Waals surface area contributed by atoms with Gasteiger partial charge in [-0.05, 0) is 32.2 Å². The van der Waals surface area contributed by atoms with Crippen LogP contribution in [0.1, 0.15) is 47.0 Å². The van der Waals surface area contributed by atoms with Crippen molar-refractivity contribution in [3.05, 3.63) is 0 Å². The van der Waals surface area contributed by atoms with Crippen LogP contribution in [0.2, 0.25) is 0 Å². The van der Waals surface area contributed by atoms with Crippen molar-refractivity contribution in [2.75, 3.05) is 32.8 Å². The van der Waals surface area contributed by atoms with Gasteiger partial charge in [-0.3, -0.25) is 4.90 Å². The first-order chi connectivity index (χ1) is 8.70. The Balaban J connectivity index is 2.23. The van der Waals surface area contributed by atoms with E-state index in [4.69, 9.17) is 4.74 Å². The maximum atomic E-state index is 5.68. The molecule has 0 aromatic heterocycles. The summed E-state index contributed by atoms with van der Waals surface area (Å²) >= 11 is 0. The van der Waals surface area contributed by atoms with Crippen LogP contribution in [-0.4, -0.2) is 49.8 Å². The van der Waals surface area contributed by atoms with Gasteiger partial charge in [0.25, 0.3) is 0 Å². The molecule has 1 rings (SSSR count). The van der Waals surface area contributed by atoms with Crippen molar-refractivity contribution in [3.8, 4) is 0 Å². The zero-order valence-corrected chi connectivity index (χ0v) is 12.7. The highest BCUT2D eigenvalue weighted by atomic mass is 16.5. The van der Waals surface area contributed by atoms with E-state index in [0.717, 1.165) is 32.2 Å². The van der Waals surface area contributed by atoms with Crippen LogP contribution in [0.15, 0.2) is 0 Å². The molecule has 3 nitrogen and oxygen atoms in total. The summed E-state index contributed by atoms with van der Waals surface area (Å²) < 4.78 is 5.68. The summed E-state index contributed by atoms with van der Waals surface area (Å²) in [5.74, 6) is 0.731. The highest BCUT2D eigenvalue weighted by molar-refractivity contribution is 4.88. The minimum absolute atomic E-state index is 0.664. The number of hydrogen-bond donors (Lipinski definition) is 1. The Morgan fingerprint density at radius 2 is 2.00 bits per heavy atom. The molecule has 0 bridgehead atoms. The lowest BCUT2D eigenvalue weighted by atomic mass is 9.87. The van der Waals surface area contributed by atoms with Gasteiger partial charge in [0.1, 0.15) is 0 Å². The van der Waals surface area contributed by atoms with Crippen LogP contribution < -0.4 is 5.32 Å². The van der Waals surface area contributed by atoms with Gasteiger partial charge in [-0.2, -0.15) is 0 Å². The fourth-order valence-corrected chi connectivity index (χ4v) is 2.84. The van der Waals surface area contributed by atoms with E-state index < -0.39 is 0 Å². The Labute approximate surface area is 113 Å². The van der Waals surface area contributed by atoms with Crippen LogP contribution >= 0.6 is 0 Å². The van der Waals surface area contributed by atoms with Gasteiger partial charge in [-0.15, -0.1) is 0 Å². The van der Waals surface area contributed by atoms with Crippen molar-refractivity contribution in [1.29, 1.82) is 0 Å². The van der Waals surface area contributed by atoms with Gasteiger partial charge in [-0.25, -0.2) is 0 Å². The molecule has 0 aromatic rings. The molecule has 0 amide bonds. The lowest BCUT2D eigenvalue weighted by Crippen LogP contribution is -2.53. The van der Waals surface area contributed by atoms with E-state index in [2.05, 4.69) is 37.9 Å². The fraction of sp³-hybridized carbons (Fsp3) is 1.00. The average Bonchev–Trinajstić information content (AvgIpc) is 2.37. The molecule has 0 aromatic carbocycles. The van der Waals surface area contributed by atoms with Crippen molar-refractivity contribution in [3.63, 3.8) is 0 Å². The maximum absolute atomic E-state index is 5.68. The summed E-state index contributed by atoms with van der Waals surface area (Å²) in [6, 6.07) is 1.36. The highest BCUT2D eigenvalue weighted by Gasteiger charge is 2.31. The van der Waals surface area contributed by atoms with Crippen molar-refractivity contribution in [1.82, 2.24) is 10.2 Å². The van der Waals surface area contributed by atoms with E-state index in [1.807, 2.05) is 0 Å². The summed E-state index contributed by atoms with van der Waals surface area (Å²) in [4.78, 5) is 2.59. The van der Waals surface area contributed by atoms with Crippen LogP contribution in [-0.2, 0) is 4.74 Å². The van der Waals surface area contributed by atoms with E-state index in [1.165, 1.54) is 25.8 Å². The van der Waals surface area contributed by atoms with Crippen molar-refractivity contribution < 1.29 is 4.74 Å². The van der Waals surface area contributed by atoms with Crippen molar-refractivity contribution in [2.45, 2.75) is 59.0 Å². The quantitative estimate of drug-likeness (QED) is 0.675. The Morgan fingerprint density at radius 3 is 2.67 bits per heavy atom. The molecule has 1 aliphatic heterocycles. The molecule has 1 N–H and O–H groups in total. The van der Waals surface area contributed by atoms with E-state index in [9.17, 15) is 0 Å². The third-order valence-electron chi connectivity index (χ3n) is 4.33. The monoisotopic (exact) mass is 256 g/mol. The van der Waals surface area contributed by atoms with Crippen LogP contribution in [0.3, 0.4) is 0 Å². The number of piperidine rings is 1. The lowest BCUT2D eigenvalue weighted by molar-refractivity contribution is 0.0441. The van der Waals surface area contributed by atoms with Gasteiger partial charge >= 0.3 is 0 Å². The molecule has 1 saturated heterocycles. The number of nitrogens with one attached hydrogen (secondary N) is 1. The number of ether oxygens (including phenoxy) is 1. The van der Waals surface area contributed by atoms with Crippen LogP contribution in [0.25, 0.3) is 0 Å². The van der Waals surface area contributed by atoms with E-state index in [-0.39, 0.29) is 0 Å². The Morgan fingerprint density at radius 1 is 1.22 bits per heavy atom. The first-order valence-electron chi connectivity index (χ1n) is 7.75. The van der Waals surface area contributed by atoms with Gasteiger partial charge in [0.15, 0.2) is 0 Å². The zero-order valence-electron chi connectivity index (χ0n) is 12.7. The largest absolute Gasteiger partial charge is 0.380 e. The van der Waals surface area contributed by atoms with Crippen molar-refractivity contribution >= 4 is 0 Å². The molecule has 3 heteroatoms. The summed E-state index contributed by atoms with van der Waals surface area (Å²) in [6.07, 6.45) is 3.68. The van der Waals surface area contributed by atoms with E-state index >= 15 is 0 Å². The molecule has 0 spiro atoms. The van der Waals surface area contributed by atoms with Crippen molar-refractivity contribution in [2.24, 2.45) is 5.92 Å². The second-order valence-corrected chi connectivity index (χ2v) is 5.55. The number of rotatable bonds is 8. The normalized spacial score (nSPS) is 29.7. The molecule has 0 radical (unpaired) electrons. The molecule has 1 heterocycles. The molecule has 3 atom stereocenters. The molecule has 108 valence electrons. The molecular formula is C15H32N2O. The van der Waals surface area contributed by atoms with Gasteiger partial charge < -0.3 is 10.1 Å². The van der Waals surface area contributed by atoms with Gasteiger partial charge in [0, 0.05) is 31.8 Å². The molecule has 0 aliphatic carbocycles. The Hall–Kier alpha value is -0.120. The second kappa shape index (κ2) is 8.89. The average molecular weight is 256 g/mol. The van der Waals surface area contributed by atoms with E-state index in [1.54, 1.807) is 0 Å². The van der Waals surface area contributed by atoms with Gasteiger partial charge in [0.2, 0.25) is 0 Å². The predicted octanol–water partition coefficient (Wildman–Crippen LogP) is 2.51. The minimum Gasteiger partial charge on any atom is -0.380 e. The van der Waals surface area contributed by atoms with Gasteiger partial charge in [0.05, 0.1) is 6.61 Å². The van der Waals surface area contributed by atoms with Crippen LogP contribution in [0.5, 0.6) is 0 Å². The summed E-state index contributed by atoms with van der Waals surface area (Å²) in [5, 5.41) is 3.61. The van der Waals surface area contributed by atoms with E-state index in [0.29, 0.717) is 12.1 Å². The lowest BCUT2D eigenvalue weighted by Gasteiger charge is -2.43. The Kier molecular flexibility index (Phi) is 7.87. The maximum Gasteiger partial charge on any atom is 0.0593 e. The number of likely N-dealkylation sites (tertiary alicyclic amines) is 1. The smallest absolute Gasteiger partial charge is 0.0593 e. The standard InChI is InChI=1S/C15H32N2O/c1-5-7-11-18-12-10-17-9-8-15(16-6-2)13(3)14(17)4/h13-16H,5-12H2,1-4H3. The van der Waals surface area contributed by atoms with Crippen LogP contribution in [0.4, 0.5) is 0 Å². The molecule has 0 saturated carbocycles. The molecular weight excluding hydrogens is 224 g/mol. The minimum atomic E-state index is 0.664. The summed E-state index contributed by atoms with van der Waals surface area (Å²) in [5.41, 5.74) is 0. The molecule has 18 heavy (non-hydrogen) atoms. The molecule has 1 aliphatic rings. The summed E-state index contributed by atoms with van der Waals surface area (Å²) in [7, 11) is 0. The van der Waals surface area contributed by atoms with Gasteiger partial charge in [-0.1, -0.05) is 27.2 Å². The first kappa shape index (κ1) is 15.9. The van der Waals surface area contributed by atoms with Crippen LogP contribution in [0, 0.1) is 5.92 Å².